The number of nitrogens with zero attached hydrogens (tertiary/aromatic N) is 1. The van der Waals surface area contributed by atoms with E-state index < -0.39 is 76.1 Å². The van der Waals surface area contributed by atoms with Gasteiger partial charge >= 0.3 is 0 Å². The van der Waals surface area contributed by atoms with Crippen molar-refractivity contribution in [3.8, 4) is 0 Å². The summed E-state index contributed by atoms with van der Waals surface area (Å²) < 4.78 is 4.88. The van der Waals surface area contributed by atoms with Crippen LogP contribution in [0.3, 0.4) is 0 Å². The van der Waals surface area contributed by atoms with Crippen molar-refractivity contribution in [1.82, 2.24) is 20.9 Å². The Morgan fingerprint density at radius 1 is 0.981 bits per heavy atom. The Labute approximate surface area is 304 Å². The highest BCUT2D eigenvalue weighted by atomic mass is 32.2. The van der Waals surface area contributed by atoms with Gasteiger partial charge in [-0.15, -0.1) is 11.8 Å². The number of fused-ring (bicyclic) bond motifs is 1. The Morgan fingerprint density at radius 2 is 1.65 bits per heavy atom. The molecule has 0 bridgehead atoms. The van der Waals surface area contributed by atoms with Crippen LogP contribution in [0.1, 0.15) is 47.5 Å². The number of primary amides is 1. The molecule has 0 aliphatic carbocycles. The van der Waals surface area contributed by atoms with Crippen LogP contribution in [0.2, 0.25) is 0 Å². The molecule has 5 amide bonds. The third-order valence-corrected chi connectivity index (χ3v) is 10.3. The number of para-hydroxylation sites is 1. The number of thioether (sulfide) groups is 1. The van der Waals surface area contributed by atoms with E-state index in [0.717, 1.165) is 17.2 Å². The molecule has 1 saturated heterocycles. The molecule has 3 aromatic carbocycles. The van der Waals surface area contributed by atoms with Gasteiger partial charge in [-0.25, -0.2) is 0 Å². The van der Waals surface area contributed by atoms with Crippen molar-refractivity contribution in [3.05, 3.63) is 118 Å². The molecule has 1 aromatic heterocycles. The fourth-order valence-corrected chi connectivity index (χ4v) is 7.23. The Kier molecular flexibility index (Phi) is 11.8. The van der Waals surface area contributed by atoms with Gasteiger partial charge in [0.1, 0.15) is 17.7 Å². The largest absolute Gasteiger partial charge is 0.451 e. The molecular formula is C38H41N5O8S. The lowest BCUT2D eigenvalue weighted by Crippen LogP contribution is -2.60. The summed E-state index contributed by atoms with van der Waals surface area (Å²) in [4.78, 5) is 80.7. The molecule has 272 valence electrons. The van der Waals surface area contributed by atoms with Crippen molar-refractivity contribution < 1.29 is 33.5 Å². The van der Waals surface area contributed by atoms with Crippen molar-refractivity contribution in [3.63, 3.8) is 0 Å². The van der Waals surface area contributed by atoms with Crippen molar-refractivity contribution in [1.29, 1.82) is 0 Å². The molecule has 5 rings (SSSR count). The first-order valence-electron chi connectivity index (χ1n) is 16.7. The average Bonchev–Trinajstić information content (AvgIpc) is 3.44. The van der Waals surface area contributed by atoms with E-state index in [4.69, 9.17) is 10.2 Å². The van der Waals surface area contributed by atoms with Gasteiger partial charge in [0.2, 0.25) is 17.7 Å². The normalized spacial score (nSPS) is 16.8. The third-order valence-electron chi connectivity index (χ3n) is 8.94. The van der Waals surface area contributed by atoms with E-state index in [1.807, 2.05) is 45.0 Å². The van der Waals surface area contributed by atoms with Crippen LogP contribution in [0.15, 0.2) is 94.1 Å². The van der Waals surface area contributed by atoms with E-state index in [1.165, 1.54) is 28.8 Å². The fourth-order valence-electron chi connectivity index (χ4n) is 6.09. The number of carbonyl (C=O) groups excluding carboxylic acids is 5. The molecule has 14 heteroatoms. The highest BCUT2D eigenvalue weighted by Crippen LogP contribution is 2.40. The predicted molar refractivity (Wildman–Crippen MR) is 196 cm³/mol. The highest BCUT2D eigenvalue weighted by molar-refractivity contribution is 8.00. The summed E-state index contributed by atoms with van der Waals surface area (Å²) in [7, 11) is 0. The number of benzene rings is 3. The number of hydrogen-bond acceptors (Lipinski definition) is 9. The molecule has 13 nitrogen and oxygen atoms in total. The van der Waals surface area contributed by atoms with E-state index in [0.29, 0.717) is 5.56 Å². The number of amides is 5. The molecule has 0 saturated carbocycles. The van der Waals surface area contributed by atoms with Gasteiger partial charge in [-0.05, 0) is 56.0 Å². The van der Waals surface area contributed by atoms with E-state index in [1.54, 1.807) is 42.5 Å². The minimum Gasteiger partial charge on any atom is -0.451 e. The standard InChI is InChI=1S/C38H41N5O8S/c1-22-11-7-8-14-24(22)20-40-36(49)33-38(2,3)52-21-43(33)37(50)32(46)26(17-23-12-5-4-6-13-23)41-34(47)27(18-31(39)45)42-35(48)30-19-28(44)25-15-9-10-16-29(25)51-30/h4-16,19,26-27,32-33,46H,17-18,20-21H2,1-3H3,(H2,39,45)(H,40,49)(H,41,47)(H,42,48)/t26-,27-,32-,33+/m0/s1. The van der Waals surface area contributed by atoms with Crippen LogP contribution in [0.5, 0.6) is 0 Å². The SMILES string of the molecule is Cc1ccccc1CNC(=O)[C@H]1N(C(=O)[C@@H](O)[C@H](Cc2ccccc2)NC(=O)[C@H](CC(N)=O)NC(=O)c2cc(=O)c3ccccc3o2)CSC1(C)C. The number of hydrogen-bond donors (Lipinski definition) is 5. The number of rotatable bonds is 13. The van der Waals surface area contributed by atoms with Gasteiger partial charge in [0, 0.05) is 17.4 Å². The molecular weight excluding hydrogens is 687 g/mol. The Balaban J connectivity index is 1.37. The van der Waals surface area contributed by atoms with Gasteiger partial charge in [-0.3, -0.25) is 28.8 Å². The maximum absolute atomic E-state index is 14.1. The monoisotopic (exact) mass is 727 g/mol. The van der Waals surface area contributed by atoms with E-state index >= 15 is 0 Å². The zero-order valence-corrected chi connectivity index (χ0v) is 29.8. The van der Waals surface area contributed by atoms with Gasteiger partial charge < -0.3 is 36.1 Å². The molecule has 4 aromatic rings. The summed E-state index contributed by atoms with van der Waals surface area (Å²) in [6, 6.07) is 19.9. The van der Waals surface area contributed by atoms with Crippen molar-refractivity contribution >= 4 is 52.3 Å². The maximum atomic E-state index is 14.1. The molecule has 52 heavy (non-hydrogen) atoms. The first-order chi connectivity index (χ1) is 24.7. The lowest BCUT2D eigenvalue weighted by atomic mass is 9.96. The molecule has 0 unspecified atom stereocenters. The van der Waals surface area contributed by atoms with Crippen molar-refractivity contribution in [2.75, 3.05) is 5.88 Å². The highest BCUT2D eigenvalue weighted by Gasteiger charge is 2.50. The number of aryl methyl sites for hydroxylation is 1. The van der Waals surface area contributed by atoms with Crippen LogP contribution < -0.4 is 27.1 Å². The number of aliphatic hydroxyl groups is 1. The zero-order chi connectivity index (χ0) is 37.6. The van der Waals surface area contributed by atoms with E-state index in [-0.39, 0.29) is 29.8 Å². The van der Waals surface area contributed by atoms with Gasteiger partial charge in [-0.1, -0.05) is 66.7 Å². The first-order valence-corrected chi connectivity index (χ1v) is 17.6. The van der Waals surface area contributed by atoms with Crippen LogP contribution in [0, 0.1) is 6.92 Å². The molecule has 4 atom stereocenters. The zero-order valence-electron chi connectivity index (χ0n) is 29.0. The third kappa shape index (κ3) is 8.87. The van der Waals surface area contributed by atoms with Crippen LogP contribution in [0.25, 0.3) is 11.0 Å². The number of carbonyl (C=O) groups is 5. The van der Waals surface area contributed by atoms with Crippen LogP contribution in [-0.2, 0) is 32.1 Å². The summed E-state index contributed by atoms with van der Waals surface area (Å²) in [5, 5.41) is 19.8. The van der Waals surface area contributed by atoms with Crippen molar-refractivity contribution in [2.45, 2.75) is 69.1 Å². The lowest BCUT2D eigenvalue weighted by Gasteiger charge is -2.33. The lowest BCUT2D eigenvalue weighted by molar-refractivity contribution is -0.148. The summed E-state index contributed by atoms with van der Waals surface area (Å²) in [6.07, 6.45) is -2.50. The Hall–Kier alpha value is -5.47. The summed E-state index contributed by atoms with van der Waals surface area (Å²) in [5.41, 5.74) is 7.67. The molecule has 1 aliphatic heterocycles. The van der Waals surface area contributed by atoms with Gasteiger partial charge in [-0.2, -0.15) is 0 Å². The Morgan fingerprint density at radius 3 is 2.37 bits per heavy atom. The van der Waals surface area contributed by atoms with Gasteiger partial charge in [0.25, 0.3) is 11.8 Å². The summed E-state index contributed by atoms with van der Waals surface area (Å²) in [5.74, 6) is -4.29. The molecule has 2 heterocycles. The smallest absolute Gasteiger partial charge is 0.287 e. The minimum atomic E-state index is -1.84. The second-order valence-electron chi connectivity index (χ2n) is 13.1. The second-order valence-corrected chi connectivity index (χ2v) is 14.7. The number of aliphatic hydroxyl groups excluding tert-OH is 1. The molecule has 0 radical (unpaired) electrons. The predicted octanol–water partition coefficient (Wildman–Crippen LogP) is 2.16. The molecule has 1 fully saturated rings. The van der Waals surface area contributed by atoms with Gasteiger partial charge in [0.15, 0.2) is 17.3 Å². The summed E-state index contributed by atoms with van der Waals surface area (Å²) >= 11 is 1.38. The maximum Gasteiger partial charge on any atom is 0.287 e. The molecule has 0 spiro atoms. The quantitative estimate of drug-likeness (QED) is 0.137. The van der Waals surface area contributed by atoms with Crippen LogP contribution in [-0.4, -0.2) is 74.4 Å². The van der Waals surface area contributed by atoms with Crippen LogP contribution in [0.4, 0.5) is 0 Å². The molecule has 6 N–H and O–H groups in total. The summed E-state index contributed by atoms with van der Waals surface area (Å²) in [6.45, 7) is 5.86. The van der Waals surface area contributed by atoms with Crippen LogP contribution >= 0.6 is 11.8 Å². The molecule has 1 aliphatic rings. The van der Waals surface area contributed by atoms with Gasteiger partial charge in [0.05, 0.1) is 23.7 Å². The second kappa shape index (κ2) is 16.3. The van der Waals surface area contributed by atoms with Crippen molar-refractivity contribution in [2.24, 2.45) is 5.73 Å². The Bertz CT molecular complexity index is 2030. The number of nitrogens with two attached hydrogens (primary N) is 1. The topological polar surface area (TPSA) is 201 Å². The first kappa shape index (κ1) is 37.8. The van der Waals surface area contributed by atoms with E-state index in [2.05, 4.69) is 16.0 Å². The number of nitrogens with one attached hydrogen (secondary N) is 3. The van der Waals surface area contributed by atoms with E-state index in [9.17, 15) is 33.9 Å². The minimum absolute atomic E-state index is 0.0230. The fraction of sp³-hybridized carbons (Fsp3) is 0.316. The average molecular weight is 728 g/mol.